The van der Waals surface area contributed by atoms with Gasteiger partial charge in [-0.15, -0.1) is 10.2 Å². The van der Waals surface area contributed by atoms with E-state index >= 15 is 0 Å². The van der Waals surface area contributed by atoms with E-state index in [2.05, 4.69) is 15.5 Å². The van der Waals surface area contributed by atoms with Crippen LogP contribution in [0.25, 0.3) is 28.0 Å². The number of rotatable bonds is 5. The van der Waals surface area contributed by atoms with Gasteiger partial charge in [0.15, 0.2) is 5.76 Å². The van der Waals surface area contributed by atoms with E-state index in [4.69, 9.17) is 16.0 Å². The van der Waals surface area contributed by atoms with Crippen molar-refractivity contribution in [2.24, 2.45) is 0 Å². The monoisotopic (exact) mass is 487 g/mol. The molecular formula is C25H18ClN5O4. The lowest BCUT2D eigenvalue weighted by Gasteiger charge is -2.06. The van der Waals surface area contributed by atoms with Gasteiger partial charge >= 0.3 is 0 Å². The first-order valence-corrected chi connectivity index (χ1v) is 11.0. The Kier molecular flexibility index (Phi) is 5.54. The summed E-state index contributed by atoms with van der Waals surface area (Å²) in [6, 6.07) is 18.5. The van der Waals surface area contributed by atoms with Crippen molar-refractivity contribution < 1.29 is 14.1 Å². The van der Waals surface area contributed by atoms with Gasteiger partial charge < -0.3 is 9.73 Å². The van der Waals surface area contributed by atoms with Crippen molar-refractivity contribution in [3.8, 4) is 17.0 Å². The maximum atomic E-state index is 12.9. The smallest absolute Gasteiger partial charge is 0.291 e. The first kappa shape index (κ1) is 22.3. The highest BCUT2D eigenvalue weighted by atomic mass is 35.5. The van der Waals surface area contributed by atoms with Gasteiger partial charge in [0.05, 0.1) is 16.2 Å². The van der Waals surface area contributed by atoms with Gasteiger partial charge in [-0.2, -0.15) is 4.80 Å². The molecule has 1 N–H and O–H groups in total. The molecule has 0 unspecified atom stereocenters. The number of amides is 1. The van der Waals surface area contributed by atoms with Crippen LogP contribution in [0.1, 0.15) is 21.7 Å². The number of nitro groups is 1. The van der Waals surface area contributed by atoms with Gasteiger partial charge in [-0.25, -0.2) is 0 Å². The number of aryl methyl sites for hydroxylation is 2. The largest absolute Gasteiger partial charge is 0.451 e. The third-order valence-electron chi connectivity index (χ3n) is 5.48. The van der Waals surface area contributed by atoms with Gasteiger partial charge in [-0.3, -0.25) is 14.9 Å². The molecule has 5 rings (SSSR count). The molecule has 0 saturated carbocycles. The Bertz CT molecular complexity index is 1600. The normalized spacial score (nSPS) is 11.1. The molecule has 0 aliphatic heterocycles. The molecule has 0 aliphatic rings. The molecule has 5 aromatic rings. The number of aromatic nitrogens is 3. The molecular weight excluding hydrogens is 470 g/mol. The van der Waals surface area contributed by atoms with Crippen molar-refractivity contribution in [2.45, 2.75) is 13.8 Å². The van der Waals surface area contributed by atoms with Gasteiger partial charge in [-0.05, 0) is 79.6 Å². The molecule has 0 fully saturated rings. The van der Waals surface area contributed by atoms with E-state index in [0.717, 1.165) is 16.8 Å². The Balaban J connectivity index is 1.41. The average molecular weight is 488 g/mol. The van der Waals surface area contributed by atoms with Gasteiger partial charge in [0.1, 0.15) is 16.8 Å². The number of carbonyl (C=O) groups excluding carboxylic acids is 1. The minimum absolute atomic E-state index is 0.0270. The number of anilines is 1. The van der Waals surface area contributed by atoms with Crippen molar-refractivity contribution in [1.29, 1.82) is 0 Å². The van der Waals surface area contributed by atoms with E-state index in [1.54, 1.807) is 43.3 Å². The molecule has 1 amide bonds. The number of benzene rings is 3. The lowest BCUT2D eigenvalue weighted by molar-refractivity contribution is -0.384. The molecule has 35 heavy (non-hydrogen) atoms. The van der Waals surface area contributed by atoms with E-state index in [9.17, 15) is 14.9 Å². The van der Waals surface area contributed by atoms with E-state index < -0.39 is 10.8 Å². The predicted octanol–water partition coefficient (Wildman–Crippen LogP) is 6.11. The van der Waals surface area contributed by atoms with E-state index in [1.165, 1.54) is 16.9 Å². The topological polar surface area (TPSA) is 116 Å². The Morgan fingerprint density at radius 2 is 1.71 bits per heavy atom. The van der Waals surface area contributed by atoms with Crippen LogP contribution in [0.15, 0.2) is 71.1 Å². The van der Waals surface area contributed by atoms with Gasteiger partial charge in [0.2, 0.25) is 0 Å². The van der Waals surface area contributed by atoms with Crippen LogP contribution in [0.3, 0.4) is 0 Å². The number of nitrogens with one attached hydrogen (secondary N) is 1. The molecule has 0 spiro atoms. The Hall–Kier alpha value is -4.50. The summed E-state index contributed by atoms with van der Waals surface area (Å²) in [7, 11) is 0. The highest BCUT2D eigenvalue weighted by Gasteiger charge is 2.21. The number of carbonyl (C=O) groups is 1. The Morgan fingerprint density at radius 3 is 2.43 bits per heavy atom. The number of hydrogen-bond acceptors (Lipinski definition) is 6. The summed E-state index contributed by atoms with van der Waals surface area (Å²) in [6.45, 7) is 3.62. The number of nitrogens with zero attached hydrogens (tertiary/aromatic N) is 4. The molecule has 0 bridgehead atoms. The van der Waals surface area contributed by atoms with Crippen molar-refractivity contribution in [3.05, 3.63) is 98.8 Å². The molecule has 9 nitrogen and oxygen atoms in total. The standard InChI is InChI=1S/C25H18ClN5O4/c1-14-3-8-18(22(11-14)31(33)34)23-9-10-24(35-23)25(32)27-19-13-21-20(12-15(19)2)28-30(29-21)17-6-4-16(26)5-7-17/h3-13H,1-2H3,(H,27,32). The molecule has 2 aromatic heterocycles. The first-order chi connectivity index (χ1) is 16.8. The lowest BCUT2D eigenvalue weighted by Crippen LogP contribution is -2.11. The summed E-state index contributed by atoms with van der Waals surface area (Å²) in [6.07, 6.45) is 0. The number of hydrogen-bond donors (Lipinski definition) is 1. The van der Waals surface area contributed by atoms with Crippen molar-refractivity contribution >= 4 is 39.9 Å². The molecule has 174 valence electrons. The number of fused-ring (bicyclic) bond motifs is 1. The highest BCUT2D eigenvalue weighted by molar-refractivity contribution is 6.30. The van der Waals surface area contributed by atoms with Crippen molar-refractivity contribution in [3.63, 3.8) is 0 Å². The zero-order chi connectivity index (χ0) is 24.7. The van der Waals surface area contributed by atoms with Crippen LogP contribution in [0, 0.1) is 24.0 Å². The van der Waals surface area contributed by atoms with E-state index in [1.807, 2.05) is 25.1 Å². The van der Waals surface area contributed by atoms with Gasteiger partial charge in [-0.1, -0.05) is 17.7 Å². The summed E-state index contributed by atoms with van der Waals surface area (Å²) in [5.74, 6) is -0.224. The summed E-state index contributed by atoms with van der Waals surface area (Å²) < 4.78 is 5.67. The summed E-state index contributed by atoms with van der Waals surface area (Å²) >= 11 is 5.95. The fraction of sp³-hybridized carbons (Fsp3) is 0.0800. The molecule has 10 heteroatoms. The SMILES string of the molecule is Cc1ccc(-c2ccc(C(=O)Nc3cc4nn(-c5ccc(Cl)cc5)nc4cc3C)o2)c([N+](=O)[O-])c1. The zero-order valence-electron chi connectivity index (χ0n) is 18.7. The Morgan fingerprint density at radius 1 is 1.00 bits per heavy atom. The summed E-state index contributed by atoms with van der Waals surface area (Å²) in [4.78, 5) is 25.4. The number of furan rings is 1. The molecule has 0 radical (unpaired) electrons. The van der Waals surface area contributed by atoms with E-state index in [-0.39, 0.29) is 17.2 Å². The van der Waals surface area contributed by atoms with Crippen LogP contribution < -0.4 is 5.32 Å². The van der Waals surface area contributed by atoms with Crippen LogP contribution in [0.2, 0.25) is 5.02 Å². The van der Waals surface area contributed by atoms with Crippen LogP contribution in [0.4, 0.5) is 11.4 Å². The van der Waals surface area contributed by atoms with Crippen LogP contribution in [-0.4, -0.2) is 25.8 Å². The van der Waals surface area contributed by atoms with Crippen LogP contribution in [0.5, 0.6) is 0 Å². The average Bonchev–Trinajstić information content (AvgIpc) is 3.47. The predicted molar refractivity (Wildman–Crippen MR) is 132 cm³/mol. The second-order valence-corrected chi connectivity index (χ2v) is 8.45. The zero-order valence-corrected chi connectivity index (χ0v) is 19.4. The second kappa shape index (κ2) is 8.69. The lowest BCUT2D eigenvalue weighted by atomic mass is 10.1. The van der Waals surface area contributed by atoms with Crippen LogP contribution >= 0.6 is 11.6 Å². The Labute approximate surface area is 204 Å². The number of halogens is 1. The fourth-order valence-corrected chi connectivity index (χ4v) is 3.81. The van der Waals surface area contributed by atoms with Gasteiger partial charge in [0, 0.05) is 16.8 Å². The maximum absolute atomic E-state index is 12.9. The molecule has 0 aliphatic carbocycles. The maximum Gasteiger partial charge on any atom is 0.291 e. The van der Waals surface area contributed by atoms with Gasteiger partial charge in [0.25, 0.3) is 11.6 Å². The molecule has 0 atom stereocenters. The minimum atomic E-state index is -0.487. The molecule has 3 aromatic carbocycles. The molecule has 2 heterocycles. The second-order valence-electron chi connectivity index (χ2n) is 8.02. The quantitative estimate of drug-likeness (QED) is 0.236. The van der Waals surface area contributed by atoms with Crippen LogP contribution in [-0.2, 0) is 0 Å². The summed E-state index contributed by atoms with van der Waals surface area (Å²) in [5, 5.41) is 23.9. The fourth-order valence-electron chi connectivity index (χ4n) is 3.68. The first-order valence-electron chi connectivity index (χ1n) is 10.6. The highest BCUT2D eigenvalue weighted by Crippen LogP contribution is 2.32. The minimum Gasteiger partial charge on any atom is -0.451 e. The van der Waals surface area contributed by atoms with Crippen molar-refractivity contribution in [2.75, 3.05) is 5.32 Å². The van der Waals surface area contributed by atoms with E-state index in [0.29, 0.717) is 27.3 Å². The third-order valence-corrected chi connectivity index (χ3v) is 5.73. The molecule has 0 saturated heterocycles. The summed E-state index contributed by atoms with van der Waals surface area (Å²) in [5.41, 5.74) is 4.32. The van der Waals surface area contributed by atoms with Crippen molar-refractivity contribution in [1.82, 2.24) is 15.0 Å². The third kappa shape index (κ3) is 4.36. The number of nitro benzene ring substituents is 1.